The van der Waals surface area contributed by atoms with Gasteiger partial charge in [-0.3, -0.25) is 4.79 Å². The molecule has 1 atom stereocenters. The molecule has 1 fully saturated rings. The summed E-state index contributed by atoms with van der Waals surface area (Å²) in [6.45, 7) is 1.48. The molecular formula is C14H17N5O. The summed E-state index contributed by atoms with van der Waals surface area (Å²) in [6, 6.07) is 9.41. The zero-order valence-corrected chi connectivity index (χ0v) is 11.4. The maximum absolute atomic E-state index is 12.5. The highest BCUT2D eigenvalue weighted by molar-refractivity contribution is 5.94. The number of tetrazole rings is 1. The van der Waals surface area contributed by atoms with E-state index in [1.54, 1.807) is 4.68 Å². The lowest BCUT2D eigenvalue weighted by atomic mass is 9.96. The lowest BCUT2D eigenvalue weighted by molar-refractivity contribution is 0.0703. The lowest BCUT2D eigenvalue weighted by Crippen LogP contribution is -2.39. The molecule has 0 radical (unpaired) electrons. The van der Waals surface area contributed by atoms with E-state index >= 15 is 0 Å². The number of amides is 1. The number of carbonyl (C=O) groups is 1. The van der Waals surface area contributed by atoms with Crippen LogP contribution in [-0.4, -0.2) is 44.1 Å². The normalized spacial score (nSPS) is 19.1. The maximum atomic E-state index is 12.5. The highest BCUT2D eigenvalue weighted by Gasteiger charge is 2.28. The SMILES string of the molecule is Cn1nnnc1C1CCCN(C(=O)c2ccccc2)C1. The molecule has 1 aliphatic rings. The summed E-state index contributed by atoms with van der Waals surface area (Å²) >= 11 is 0. The van der Waals surface area contributed by atoms with Crippen molar-refractivity contribution in [3.8, 4) is 0 Å². The minimum Gasteiger partial charge on any atom is -0.338 e. The van der Waals surface area contributed by atoms with Crippen LogP contribution in [0.4, 0.5) is 0 Å². The van der Waals surface area contributed by atoms with E-state index in [9.17, 15) is 4.79 Å². The monoisotopic (exact) mass is 271 g/mol. The number of benzene rings is 1. The number of nitrogens with zero attached hydrogens (tertiary/aromatic N) is 5. The predicted molar refractivity (Wildman–Crippen MR) is 73.1 cm³/mol. The topological polar surface area (TPSA) is 63.9 Å². The zero-order valence-electron chi connectivity index (χ0n) is 11.4. The van der Waals surface area contributed by atoms with Gasteiger partial charge in [-0.05, 0) is 35.4 Å². The van der Waals surface area contributed by atoms with Crippen molar-refractivity contribution in [1.82, 2.24) is 25.1 Å². The van der Waals surface area contributed by atoms with Crippen LogP contribution in [0.3, 0.4) is 0 Å². The Hall–Kier alpha value is -2.24. The number of carbonyl (C=O) groups excluding carboxylic acids is 1. The Morgan fingerprint density at radius 1 is 1.30 bits per heavy atom. The molecule has 6 heteroatoms. The van der Waals surface area contributed by atoms with Gasteiger partial charge >= 0.3 is 0 Å². The zero-order chi connectivity index (χ0) is 13.9. The number of likely N-dealkylation sites (tertiary alicyclic amines) is 1. The van der Waals surface area contributed by atoms with Crippen molar-refractivity contribution in [2.45, 2.75) is 18.8 Å². The largest absolute Gasteiger partial charge is 0.338 e. The summed E-state index contributed by atoms with van der Waals surface area (Å²) in [5.74, 6) is 1.16. The number of aryl methyl sites for hydroxylation is 1. The molecule has 1 amide bonds. The molecule has 2 aromatic rings. The van der Waals surface area contributed by atoms with Gasteiger partial charge in [0.15, 0.2) is 5.82 Å². The van der Waals surface area contributed by atoms with E-state index in [1.807, 2.05) is 42.3 Å². The summed E-state index contributed by atoms with van der Waals surface area (Å²) in [7, 11) is 1.84. The van der Waals surface area contributed by atoms with Crippen molar-refractivity contribution in [3.05, 3.63) is 41.7 Å². The van der Waals surface area contributed by atoms with Gasteiger partial charge in [0.05, 0.1) is 0 Å². The fourth-order valence-electron chi connectivity index (χ4n) is 2.72. The first-order valence-electron chi connectivity index (χ1n) is 6.82. The summed E-state index contributed by atoms with van der Waals surface area (Å²) in [6.07, 6.45) is 2.00. The first-order valence-corrected chi connectivity index (χ1v) is 6.82. The second-order valence-corrected chi connectivity index (χ2v) is 5.12. The average Bonchev–Trinajstić information content (AvgIpc) is 2.94. The minimum atomic E-state index is 0.0884. The Kier molecular flexibility index (Phi) is 3.45. The smallest absolute Gasteiger partial charge is 0.253 e. The van der Waals surface area contributed by atoms with Crippen molar-refractivity contribution in [3.63, 3.8) is 0 Å². The van der Waals surface area contributed by atoms with E-state index < -0.39 is 0 Å². The van der Waals surface area contributed by atoms with Crippen molar-refractivity contribution in [1.29, 1.82) is 0 Å². The van der Waals surface area contributed by atoms with Crippen molar-refractivity contribution in [2.24, 2.45) is 7.05 Å². The lowest BCUT2D eigenvalue weighted by Gasteiger charge is -2.32. The Balaban J connectivity index is 1.76. The van der Waals surface area contributed by atoms with E-state index in [4.69, 9.17) is 0 Å². The van der Waals surface area contributed by atoms with Crippen LogP contribution in [0, 0.1) is 0 Å². The van der Waals surface area contributed by atoms with Gasteiger partial charge in [0, 0.05) is 31.6 Å². The van der Waals surface area contributed by atoms with Crippen LogP contribution >= 0.6 is 0 Å². The second kappa shape index (κ2) is 5.40. The van der Waals surface area contributed by atoms with Crippen LogP contribution in [0.15, 0.2) is 30.3 Å². The molecule has 1 aliphatic heterocycles. The van der Waals surface area contributed by atoms with Gasteiger partial charge < -0.3 is 4.90 Å². The van der Waals surface area contributed by atoms with Crippen LogP contribution in [0.25, 0.3) is 0 Å². The molecular weight excluding hydrogens is 254 g/mol. The molecule has 1 saturated heterocycles. The summed E-state index contributed by atoms with van der Waals surface area (Å²) < 4.78 is 1.70. The van der Waals surface area contributed by atoms with Gasteiger partial charge in [-0.25, -0.2) is 4.68 Å². The van der Waals surface area contributed by atoms with E-state index in [0.717, 1.165) is 30.8 Å². The van der Waals surface area contributed by atoms with Gasteiger partial charge in [0.1, 0.15) is 0 Å². The van der Waals surface area contributed by atoms with Crippen LogP contribution in [0.2, 0.25) is 0 Å². The molecule has 104 valence electrons. The van der Waals surface area contributed by atoms with Gasteiger partial charge in [-0.15, -0.1) is 5.10 Å². The number of piperidine rings is 1. The Bertz CT molecular complexity index is 595. The second-order valence-electron chi connectivity index (χ2n) is 5.12. The van der Waals surface area contributed by atoms with Gasteiger partial charge in [0.2, 0.25) is 0 Å². The Morgan fingerprint density at radius 3 is 2.80 bits per heavy atom. The van der Waals surface area contributed by atoms with Crippen molar-refractivity contribution < 1.29 is 4.79 Å². The Morgan fingerprint density at radius 2 is 2.10 bits per heavy atom. The summed E-state index contributed by atoms with van der Waals surface area (Å²) in [5.41, 5.74) is 0.740. The molecule has 20 heavy (non-hydrogen) atoms. The van der Waals surface area contributed by atoms with E-state index in [0.29, 0.717) is 6.54 Å². The minimum absolute atomic E-state index is 0.0884. The third-order valence-corrected chi connectivity index (χ3v) is 3.75. The van der Waals surface area contributed by atoms with Crippen LogP contribution in [-0.2, 0) is 7.05 Å². The summed E-state index contributed by atoms with van der Waals surface area (Å²) in [4.78, 5) is 14.4. The highest BCUT2D eigenvalue weighted by atomic mass is 16.2. The molecule has 0 N–H and O–H groups in total. The first-order chi connectivity index (χ1) is 9.75. The molecule has 3 rings (SSSR count). The van der Waals surface area contributed by atoms with Crippen LogP contribution < -0.4 is 0 Å². The summed E-state index contributed by atoms with van der Waals surface area (Å²) in [5, 5.41) is 11.6. The van der Waals surface area contributed by atoms with E-state index in [-0.39, 0.29) is 11.8 Å². The third kappa shape index (κ3) is 2.41. The first kappa shape index (κ1) is 12.8. The molecule has 0 bridgehead atoms. The molecule has 1 aromatic carbocycles. The average molecular weight is 271 g/mol. The standard InChI is InChI=1S/C14H17N5O/c1-18-13(15-16-17-18)12-8-5-9-19(10-12)14(20)11-6-3-2-4-7-11/h2-4,6-7,12H,5,8-10H2,1H3. The number of hydrogen-bond donors (Lipinski definition) is 0. The van der Waals surface area contributed by atoms with Crippen molar-refractivity contribution >= 4 is 5.91 Å². The quantitative estimate of drug-likeness (QED) is 0.824. The molecule has 1 unspecified atom stereocenters. The Labute approximate surface area is 117 Å². The highest BCUT2D eigenvalue weighted by Crippen LogP contribution is 2.25. The van der Waals surface area contributed by atoms with Crippen molar-refractivity contribution in [2.75, 3.05) is 13.1 Å². The molecule has 0 saturated carbocycles. The molecule has 6 nitrogen and oxygen atoms in total. The molecule has 1 aromatic heterocycles. The molecule has 0 spiro atoms. The number of hydrogen-bond acceptors (Lipinski definition) is 4. The number of aromatic nitrogens is 4. The molecule has 2 heterocycles. The van der Waals surface area contributed by atoms with E-state index in [2.05, 4.69) is 15.5 Å². The van der Waals surface area contributed by atoms with Crippen LogP contribution in [0.1, 0.15) is 34.9 Å². The predicted octanol–water partition coefficient (Wildman–Crippen LogP) is 1.23. The number of rotatable bonds is 2. The van der Waals surface area contributed by atoms with Gasteiger partial charge in [0.25, 0.3) is 5.91 Å². The fraction of sp³-hybridized carbons (Fsp3) is 0.429. The third-order valence-electron chi connectivity index (χ3n) is 3.75. The fourth-order valence-corrected chi connectivity index (χ4v) is 2.72. The van der Waals surface area contributed by atoms with Gasteiger partial charge in [-0.2, -0.15) is 0 Å². The van der Waals surface area contributed by atoms with Crippen LogP contribution in [0.5, 0.6) is 0 Å². The maximum Gasteiger partial charge on any atom is 0.253 e. The van der Waals surface area contributed by atoms with Gasteiger partial charge in [-0.1, -0.05) is 18.2 Å². The molecule has 0 aliphatic carbocycles. The van der Waals surface area contributed by atoms with E-state index in [1.165, 1.54) is 0 Å².